The first-order valence-corrected chi connectivity index (χ1v) is 6.12. The monoisotopic (exact) mass is 328 g/mol. The summed E-state index contributed by atoms with van der Waals surface area (Å²) in [6.45, 7) is 0. The Hall–Kier alpha value is -1.46. The third-order valence-corrected chi connectivity index (χ3v) is 2.97. The summed E-state index contributed by atoms with van der Waals surface area (Å²) < 4.78 is 14.1. The zero-order valence-electron chi connectivity index (χ0n) is 8.95. The van der Waals surface area contributed by atoms with E-state index < -0.39 is 11.7 Å². The second-order valence-corrected chi connectivity index (χ2v) is 4.69. The van der Waals surface area contributed by atoms with Crippen LogP contribution >= 0.6 is 27.5 Å². The highest BCUT2D eigenvalue weighted by Gasteiger charge is 2.13. The fourth-order valence-corrected chi connectivity index (χ4v) is 1.90. The lowest BCUT2D eigenvalue weighted by Crippen LogP contribution is -2.13. The van der Waals surface area contributed by atoms with Crippen LogP contribution in [0.1, 0.15) is 10.4 Å². The van der Waals surface area contributed by atoms with Crippen LogP contribution in [0.2, 0.25) is 5.15 Å². The van der Waals surface area contributed by atoms with Crippen LogP contribution in [-0.2, 0) is 0 Å². The largest absolute Gasteiger partial charge is 0.319 e. The van der Waals surface area contributed by atoms with E-state index in [0.29, 0.717) is 4.47 Å². The molecule has 1 aromatic carbocycles. The molecule has 6 heteroatoms. The first-order valence-electron chi connectivity index (χ1n) is 4.95. The average Bonchev–Trinajstić information content (AvgIpc) is 2.34. The van der Waals surface area contributed by atoms with Crippen LogP contribution in [0.4, 0.5) is 10.1 Å². The van der Waals surface area contributed by atoms with Crippen LogP contribution < -0.4 is 5.32 Å². The maximum absolute atomic E-state index is 13.5. The van der Waals surface area contributed by atoms with E-state index in [9.17, 15) is 9.18 Å². The van der Waals surface area contributed by atoms with Crippen molar-refractivity contribution in [3.8, 4) is 0 Å². The third-order valence-electron chi connectivity index (χ3n) is 2.18. The van der Waals surface area contributed by atoms with Crippen molar-refractivity contribution in [3.63, 3.8) is 0 Å². The van der Waals surface area contributed by atoms with E-state index in [2.05, 4.69) is 26.2 Å². The van der Waals surface area contributed by atoms with Crippen LogP contribution in [0, 0.1) is 5.82 Å². The number of anilines is 1. The van der Waals surface area contributed by atoms with Gasteiger partial charge in [0.1, 0.15) is 11.0 Å². The van der Waals surface area contributed by atoms with Crippen molar-refractivity contribution in [2.75, 3.05) is 5.32 Å². The lowest BCUT2D eigenvalue weighted by atomic mass is 10.2. The summed E-state index contributed by atoms with van der Waals surface area (Å²) in [5, 5.41) is 2.51. The first kappa shape index (κ1) is 13.0. The van der Waals surface area contributed by atoms with Crippen molar-refractivity contribution in [3.05, 3.63) is 57.5 Å². The molecule has 1 amide bonds. The van der Waals surface area contributed by atoms with E-state index in [1.165, 1.54) is 24.4 Å². The number of nitrogens with zero attached hydrogens (tertiary/aromatic N) is 1. The van der Waals surface area contributed by atoms with Crippen molar-refractivity contribution in [1.82, 2.24) is 4.98 Å². The number of benzene rings is 1. The number of carbonyl (C=O) groups is 1. The van der Waals surface area contributed by atoms with Crippen molar-refractivity contribution >= 4 is 39.1 Å². The topological polar surface area (TPSA) is 42.0 Å². The highest BCUT2D eigenvalue weighted by molar-refractivity contribution is 9.10. The first-order chi connectivity index (χ1) is 8.58. The van der Waals surface area contributed by atoms with Gasteiger partial charge in [-0.3, -0.25) is 4.79 Å². The van der Waals surface area contributed by atoms with Crippen molar-refractivity contribution in [2.45, 2.75) is 0 Å². The van der Waals surface area contributed by atoms with E-state index in [4.69, 9.17) is 11.6 Å². The molecular formula is C12H7BrClFN2O. The summed E-state index contributed by atoms with van der Waals surface area (Å²) in [5.74, 6) is -1.03. The van der Waals surface area contributed by atoms with Gasteiger partial charge in [-0.1, -0.05) is 27.5 Å². The molecule has 0 saturated heterocycles. The third kappa shape index (κ3) is 2.86. The van der Waals surface area contributed by atoms with Crippen molar-refractivity contribution < 1.29 is 9.18 Å². The van der Waals surface area contributed by atoms with Gasteiger partial charge >= 0.3 is 0 Å². The molecule has 0 fully saturated rings. The van der Waals surface area contributed by atoms with Gasteiger partial charge in [0.15, 0.2) is 0 Å². The molecule has 0 aliphatic carbocycles. The summed E-state index contributed by atoms with van der Waals surface area (Å²) in [6.07, 6.45) is 1.47. The molecule has 0 unspecified atom stereocenters. The van der Waals surface area contributed by atoms with Gasteiger partial charge in [-0.25, -0.2) is 9.37 Å². The number of carbonyl (C=O) groups excluding carboxylic acids is 1. The molecule has 0 aliphatic rings. The van der Waals surface area contributed by atoms with E-state index in [0.717, 1.165) is 0 Å². The van der Waals surface area contributed by atoms with E-state index in [1.807, 2.05) is 0 Å². The molecule has 1 N–H and O–H groups in total. The number of hydrogen-bond acceptors (Lipinski definition) is 2. The smallest absolute Gasteiger partial charge is 0.258 e. The van der Waals surface area contributed by atoms with E-state index >= 15 is 0 Å². The summed E-state index contributed by atoms with van der Waals surface area (Å²) in [4.78, 5) is 15.7. The predicted octanol–water partition coefficient (Wildman–Crippen LogP) is 3.89. The highest BCUT2D eigenvalue weighted by Crippen LogP contribution is 2.21. The van der Waals surface area contributed by atoms with Crippen molar-refractivity contribution in [1.29, 1.82) is 0 Å². The molecule has 0 atom stereocenters. The van der Waals surface area contributed by atoms with Gasteiger partial charge < -0.3 is 5.32 Å². The van der Waals surface area contributed by atoms with Gasteiger partial charge in [0.25, 0.3) is 5.91 Å². The minimum absolute atomic E-state index is 0.0744. The summed E-state index contributed by atoms with van der Waals surface area (Å²) in [7, 11) is 0. The second-order valence-electron chi connectivity index (χ2n) is 3.42. The van der Waals surface area contributed by atoms with Crippen molar-refractivity contribution in [2.24, 2.45) is 0 Å². The average molecular weight is 330 g/mol. The standard InChI is InChI=1S/C12H7BrClFN2O/c13-7-3-4-9(15)10(6-7)17-12(18)8-2-1-5-16-11(8)14/h1-6H,(H,17,18). The number of hydrogen-bond donors (Lipinski definition) is 1. The summed E-state index contributed by atoms with van der Waals surface area (Å²) >= 11 is 8.98. The molecule has 0 bridgehead atoms. The Labute approximate surface area is 116 Å². The summed E-state index contributed by atoms with van der Waals surface area (Å²) in [5.41, 5.74) is 0.271. The molecule has 1 aromatic heterocycles. The quantitative estimate of drug-likeness (QED) is 0.849. The Morgan fingerprint density at radius 2 is 2.17 bits per heavy atom. The zero-order valence-corrected chi connectivity index (χ0v) is 11.3. The Kier molecular flexibility index (Phi) is 3.93. The van der Waals surface area contributed by atoms with Gasteiger partial charge in [0.05, 0.1) is 11.3 Å². The SMILES string of the molecule is O=C(Nc1cc(Br)ccc1F)c1cccnc1Cl. The fraction of sp³-hybridized carbons (Fsp3) is 0. The number of halogens is 3. The maximum Gasteiger partial charge on any atom is 0.258 e. The molecule has 0 aliphatic heterocycles. The lowest BCUT2D eigenvalue weighted by Gasteiger charge is -2.07. The van der Waals surface area contributed by atoms with E-state index in [-0.39, 0.29) is 16.4 Å². The molecule has 0 radical (unpaired) electrons. The molecule has 0 saturated carbocycles. The Morgan fingerprint density at radius 1 is 1.39 bits per heavy atom. The van der Waals surface area contributed by atoms with Crippen LogP contribution in [-0.4, -0.2) is 10.9 Å². The Balaban J connectivity index is 2.27. The highest BCUT2D eigenvalue weighted by atomic mass is 79.9. The van der Waals surface area contributed by atoms with Gasteiger partial charge in [0, 0.05) is 10.7 Å². The number of pyridine rings is 1. The predicted molar refractivity (Wildman–Crippen MR) is 71.3 cm³/mol. The molecular weight excluding hydrogens is 322 g/mol. The molecule has 18 heavy (non-hydrogen) atoms. The maximum atomic E-state index is 13.5. The Morgan fingerprint density at radius 3 is 2.89 bits per heavy atom. The molecule has 1 heterocycles. The Bertz CT molecular complexity index is 606. The molecule has 92 valence electrons. The minimum Gasteiger partial charge on any atom is -0.319 e. The second kappa shape index (κ2) is 5.46. The lowest BCUT2D eigenvalue weighted by molar-refractivity contribution is 0.102. The van der Waals surface area contributed by atoms with Gasteiger partial charge in [0.2, 0.25) is 0 Å². The number of nitrogens with one attached hydrogen (secondary N) is 1. The fourth-order valence-electron chi connectivity index (χ4n) is 1.34. The molecule has 3 nitrogen and oxygen atoms in total. The van der Waals surface area contributed by atoms with Crippen LogP contribution in [0.25, 0.3) is 0 Å². The van der Waals surface area contributed by atoms with E-state index in [1.54, 1.807) is 12.1 Å². The van der Waals surface area contributed by atoms with Crippen LogP contribution in [0.15, 0.2) is 41.0 Å². The van der Waals surface area contributed by atoms with Gasteiger partial charge in [-0.2, -0.15) is 0 Å². The number of aromatic nitrogens is 1. The number of amides is 1. The molecule has 2 rings (SSSR count). The van der Waals surface area contributed by atoms with Gasteiger partial charge in [-0.05, 0) is 30.3 Å². The minimum atomic E-state index is -0.522. The molecule has 2 aromatic rings. The van der Waals surface area contributed by atoms with Gasteiger partial charge in [-0.15, -0.1) is 0 Å². The zero-order chi connectivity index (χ0) is 13.1. The normalized spacial score (nSPS) is 10.2. The van der Waals surface area contributed by atoms with Crippen LogP contribution in [0.3, 0.4) is 0 Å². The number of rotatable bonds is 2. The molecule has 0 spiro atoms. The summed E-state index contributed by atoms with van der Waals surface area (Å²) in [6, 6.07) is 7.36. The van der Waals surface area contributed by atoms with Crippen LogP contribution in [0.5, 0.6) is 0 Å².